The lowest BCUT2D eigenvalue weighted by molar-refractivity contribution is 0.0254. The maximum Gasteiger partial charge on any atom is 0.137 e. The van der Waals surface area contributed by atoms with Crippen LogP contribution in [-0.4, -0.2) is 66.0 Å². The molecule has 2 aliphatic heterocycles. The van der Waals surface area contributed by atoms with Gasteiger partial charge in [-0.05, 0) is 48.2 Å². The molecule has 2 saturated heterocycles. The molecular weight excluding hydrogens is 470 g/mol. The SMILES string of the molecule is CSN1CCN(c2ccc(Cc3nccc(-c4ccc(OC5CCOCC5)c(C#N)c4)n3)cc2)CC1. The minimum atomic E-state index is 0.0914. The van der Waals surface area contributed by atoms with E-state index in [1.807, 2.05) is 36.2 Å². The van der Waals surface area contributed by atoms with E-state index in [2.05, 4.69) is 50.8 Å². The van der Waals surface area contributed by atoms with Crippen molar-refractivity contribution in [3.05, 3.63) is 71.7 Å². The number of benzene rings is 2. The summed E-state index contributed by atoms with van der Waals surface area (Å²) in [6, 6.07) is 18.6. The number of aromatic nitrogens is 2. The molecule has 0 aliphatic carbocycles. The largest absolute Gasteiger partial charge is 0.489 e. The minimum absolute atomic E-state index is 0.0914. The standard InChI is InChI=1S/C28H31N5O2S/c1-36-33-14-12-32(13-15-33)24-5-2-21(3-6-24)18-28-30-11-8-26(31-28)22-4-7-27(23(19-22)20-29)35-25-9-16-34-17-10-25/h2-8,11,19,25H,9-10,12-18H2,1H3. The predicted octanol–water partition coefficient (Wildman–Crippen LogP) is 4.56. The van der Waals surface area contributed by atoms with Crippen molar-refractivity contribution in [3.63, 3.8) is 0 Å². The summed E-state index contributed by atoms with van der Waals surface area (Å²) in [4.78, 5) is 11.7. The van der Waals surface area contributed by atoms with Crippen molar-refractivity contribution in [1.29, 1.82) is 5.26 Å². The first-order valence-electron chi connectivity index (χ1n) is 12.5. The average molecular weight is 502 g/mol. The molecule has 186 valence electrons. The highest BCUT2D eigenvalue weighted by Crippen LogP contribution is 2.28. The third-order valence-electron chi connectivity index (χ3n) is 6.72. The highest BCUT2D eigenvalue weighted by molar-refractivity contribution is 7.96. The Morgan fingerprint density at radius 3 is 2.56 bits per heavy atom. The third kappa shape index (κ3) is 5.98. The normalized spacial score (nSPS) is 17.1. The third-order valence-corrected chi connectivity index (χ3v) is 7.61. The molecule has 0 spiro atoms. The molecule has 0 radical (unpaired) electrons. The molecule has 36 heavy (non-hydrogen) atoms. The van der Waals surface area contributed by atoms with E-state index >= 15 is 0 Å². The highest BCUT2D eigenvalue weighted by atomic mass is 32.2. The fourth-order valence-electron chi connectivity index (χ4n) is 4.63. The van der Waals surface area contributed by atoms with E-state index in [1.165, 1.54) is 11.3 Å². The Balaban J connectivity index is 1.26. The summed E-state index contributed by atoms with van der Waals surface area (Å²) in [5.74, 6) is 1.38. The van der Waals surface area contributed by atoms with Crippen LogP contribution < -0.4 is 9.64 Å². The summed E-state index contributed by atoms with van der Waals surface area (Å²) >= 11 is 1.82. The van der Waals surface area contributed by atoms with Crippen LogP contribution in [0.3, 0.4) is 0 Å². The molecule has 0 bridgehead atoms. The van der Waals surface area contributed by atoms with Crippen LogP contribution in [0, 0.1) is 11.3 Å². The van der Waals surface area contributed by atoms with Crippen LogP contribution in [0.15, 0.2) is 54.7 Å². The first-order valence-corrected chi connectivity index (χ1v) is 13.6. The summed E-state index contributed by atoms with van der Waals surface area (Å²) in [6.07, 6.45) is 6.37. The van der Waals surface area contributed by atoms with Crippen LogP contribution in [0.25, 0.3) is 11.3 Å². The molecule has 3 aromatic rings. The van der Waals surface area contributed by atoms with E-state index < -0.39 is 0 Å². The molecule has 1 aromatic heterocycles. The van der Waals surface area contributed by atoms with Crippen molar-refractivity contribution >= 4 is 17.6 Å². The molecule has 3 heterocycles. The number of piperazine rings is 1. The maximum atomic E-state index is 9.72. The van der Waals surface area contributed by atoms with Gasteiger partial charge in [0.1, 0.15) is 23.7 Å². The number of rotatable bonds is 7. The smallest absolute Gasteiger partial charge is 0.137 e. The number of ether oxygens (including phenoxy) is 2. The second kappa shape index (κ2) is 11.7. The summed E-state index contributed by atoms with van der Waals surface area (Å²) < 4.78 is 13.9. The maximum absolute atomic E-state index is 9.72. The van der Waals surface area contributed by atoms with Crippen molar-refractivity contribution < 1.29 is 9.47 Å². The van der Waals surface area contributed by atoms with Crippen molar-refractivity contribution in [2.24, 2.45) is 0 Å². The number of hydrogen-bond donors (Lipinski definition) is 0. The second-order valence-corrected chi connectivity index (χ2v) is 9.93. The van der Waals surface area contributed by atoms with Gasteiger partial charge in [-0.15, -0.1) is 0 Å². The summed E-state index contributed by atoms with van der Waals surface area (Å²) in [7, 11) is 0. The lowest BCUT2D eigenvalue weighted by atomic mass is 10.1. The van der Waals surface area contributed by atoms with Gasteiger partial charge in [-0.25, -0.2) is 14.3 Å². The molecule has 5 rings (SSSR count). The van der Waals surface area contributed by atoms with Gasteiger partial charge in [0.2, 0.25) is 0 Å². The van der Waals surface area contributed by atoms with Gasteiger partial charge in [-0.3, -0.25) is 0 Å². The zero-order chi connectivity index (χ0) is 24.7. The molecule has 7 nitrogen and oxygen atoms in total. The monoisotopic (exact) mass is 501 g/mol. The highest BCUT2D eigenvalue weighted by Gasteiger charge is 2.18. The molecule has 2 fully saturated rings. The Kier molecular flexibility index (Phi) is 8.01. The van der Waals surface area contributed by atoms with Crippen molar-refractivity contribution in [1.82, 2.24) is 14.3 Å². The number of hydrogen-bond acceptors (Lipinski definition) is 8. The minimum Gasteiger partial charge on any atom is -0.489 e. The van der Waals surface area contributed by atoms with Gasteiger partial charge in [-0.1, -0.05) is 24.1 Å². The van der Waals surface area contributed by atoms with Crippen LogP contribution in [0.1, 0.15) is 29.8 Å². The van der Waals surface area contributed by atoms with Crippen LogP contribution in [0.2, 0.25) is 0 Å². The van der Waals surface area contributed by atoms with Crippen LogP contribution in [-0.2, 0) is 11.2 Å². The number of nitrogens with zero attached hydrogens (tertiary/aromatic N) is 5. The predicted molar refractivity (Wildman–Crippen MR) is 143 cm³/mol. The first kappa shape index (κ1) is 24.6. The fourth-order valence-corrected chi connectivity index (χ4v) is 5.16. The lowest BCUT2D eigenvalue weighted by Crippen LogP contribution is -2.43. The molecule has 0 saturated carbocycles. The van der Waals surface area contributed by atoms with E-state index in [1.54, 1.807) is 6.20 Å². The summed E-state index contributed by atoms with van der Waals surface area (Å²) in [5, 5.41) is 9.72. The zero-order valence-corrected chi connectivity index (χ0v) is 21.4. The quantitative estimate of drug-likeness (QED) is 0.436. The Bertz CT molecular complexity index is 1200. The van der Waals surface area contributed by atoms with Gasteiger partial charge in [0.05, 0.1) is 24.5 Å². The second-order valence-electron chi connectivity index (χ2n) is 9.05. The summed E-state index contributed by atoms with van der Waals surface area (Å²) in [6.45, 7) is 5.67. The zero-order valence-electron chi connectivity index (χ0n) is 20.6. The van der Waals surface area contributed by atoms with E-state index in [9.17, 15) is 5.26 Å². The van der Waals surface area contributed by atoms with Gasteiger partial charge >= 0.3 is 0 Å². The molecule has 8 heteroatoms. The van der Waals surface area contributed by atoms with Gasteiger partial charge in [-0.2, -0.15) is 5.26 Å². The van der Waals surface area contributed by atoms with Crippen LogP contribution in [0.5, 0.6) is 5.75 Å². The molecule has 0 atom stereocenters. The van der Waals surface area contributed by atoms with E-state index in [0.29, 0.717) is 30.9 Å². The molecule has 2 aliphatic rings. The average Bonchev–Trinajstić information content (AvgIpc) is 2.94. The lowest BCUT2D eigenvalue weighted by Gasteiger charge is -2.34. The van der Waals surface area contributed by atoms with Gasteiger partial charge in [0, 0.05) is 62.9 Å². The molecule has 0 unspecified atom stereocenters. The van der Waals surface area contributed by atoms with Crippen molar-refractivity contribution in [3.8, 4) is 23.1 Å². The number of anilines is 1. The number of nitriles is 1. The topological polar surface area (TPSA) is 74.5 Å². The Morgan fingerprint density at radius 1 is 1.06 bits per heavy atom. The molecule has 0 N–H and O–H groups in total. The summed E-state index contributed by atoms with van der Waals surface area (Å²) in [5.41, 5.74) is 4.65. The molecular formula is C28H31N5O2S. The molecule has 2 aromatic carbocycles. The van der Waals surface area contributed by atoms with Gasteiger partial charge in [0.25, 0.3) is 0 Å². The first-order chi connectivity index (χ1) is 17.7. The van der Waals surface area contributed by atoms with Crippen LogP contribution >= 0.6 is 11.9 Å². The molecule has 0 amide bonds. The van der Waals surface area contributed by atoms with E-state index in [0.717, 1.165) is 56.1 Å². The van der Waals surface area contributed by atoms with Crippen molar-refractivity contribution in [2.75, 3.05) is 50.5 Å². The van der Waals surface area contributed by atoms with Crippen LogP contribution in [0.4, 0.5) is 5.69 Å². The Hall–Kier alpha value is -3.12. The van der Waals surface area contributed by atoms with Gasteiger partial charge < -0.3 is 14.4 Å². The van der Waals surface area contributed by atoms with E-state index in [4.69, 9.17) is 14.5 Å². The van der Waals surface area contributed by atoms with Crippen molar-refractivity contribution in [2.45, 2.75) is 25.4 Å². The Morgan fingerprint density at radius 2 is 1.83 bits per heavy atom. The Labute approximate surface area is 217 Å². The fraction of sp³-hybridized carbons (Fsp3) is 0.393. The van der Waals surface area contributed by atoms with E-state index in [-0.39, 0.29) is 6.10 Å². The van der Waals surface area contributed by atoms with Gasteiger partial charge in [0.15, 0.2) is 0 Å².